The van der Waals surface area contributed by atoms with Crippen molar-refractivity contribution < 1.29 is 0 Å². The highest BCUT2D eigenvalue weighted by Crippen LogP contribution is 2.30. The van der Waals surface area contributed by atoms with E-state index in [1.54, 1.807) is 6.33 Å². The molecular formula is C13H22N4. The van der Waals surface area contributed by atoms with Crippen LogP contribution in [0.25, 0.3) is 0 Å². The number of nitrogens with two attached hydrogens (primary N) is 1. The molecule has 1 aliphatic rings. The highest BCUT2D eigenvalue weighted by molar-refractivity contribution is 5.41. The summed E-state index contributed by atoms with van der Waals surface area (Å²) < 4.78 is 0. The van der Waals surface area contributed by atoms with Crippen LogP contribution in [0.1, 0.15) is 38.3 Å². The lowest BCUT2D eigenvalue weighted by Gasteiger charge is -2.23. The summed E-state index contributed by atoms with van der Waals surface area (Å²) in [5.41, 5.74) is 6.74. The van der Waals surface area contributed by atoms with E-state index in [4.69, 9.17) is 5.73 Å². The third kappa shape index (κ3) is 3.40. The molecule has 0 spiro atoms. The Hall–Kier alpha value is -1.16. The van der Waals surface area contributed by atoms with Crippen molar-refractivity contribution in [1.29, 1.82) is 0 Å². The van der Waals surface area contributed by atoms with Crippen molar-refractivity contribution in [2.45, 2.75) is 45.1 Å². The Morgan fingerprint density at radius 3 is 2.88 bits per heavy atom. The van der Waals surface area contributed by atoms with E-state index in [1.807, 2.05) is 0 Å². The standard InChI is InChI=1S/C13H22N4/c1-2-4-11-9-13(16-10-15-11)17(8-3-7-14)12-5-6-12/h9-10,12H,2-8,14H2,1H3. The van der Waals surface area contributed by atoms with Gasteiger partial charge in [-0.25, -0.2) is 9.97 Å². The second-order valence-electron chi connectivity index (χ2n) is 4.68. The highest BCUT2D eigenvalue weighted by Gasteiger charge is 2.29. The van der Waals surface area contributed by atoms with Gasteiger partial charge in [0, 0.05) is 24.3 Å². The minimum atomic E-state index is 0.686. The Balaban J connectivity index is 2.08. The molecule has 1 aromatic heterocycles. The highest BCUT2D eigenvalue weighted by atomic mass is 15.2. The molecule has 1 aliphatic carbocycles. The Kier molecular flexibility index (Phi) is 4.31. The van der Waals surface area contributed by atoms with Gasteiger partial charge in [-0.05, 0) is 32.2 Å². The molecule has 0 radical (unpaired) electrons. The van der Waals surface area contributed by atoms with Crippen molar-refractivity contribution >= 4 is 5.82 Å². The molecule has 4 heteroatoms. The molecule has 0 aromatic carbocycles. The van der Waals surface area contributed by atoms with Crippen molar-refractivity contribution in [2.75, 3.05) is 18.0 Å². The zero-order valence-corrected chi connectivity index (χ0v) is 10.6. The lowest BCUT2D eigenvalue weighted by molar-refractivity contribution is 0.718. The van der Waals surface area contributed by atoms with Crippen LogP contribution in [0.15, 0.2) is 12.4 Å². The third-order valence-electron chi connectivity index (χ3n) is 3.10. The molecule has 0 amide bonds. The lowest BCUT2D eigenvalue weighted by atomic mass is 10.2. The molecule has 1 heterocycles. The monoisotopic (exact) mass is 234 g/mol. The number of rotatable bonds is 7. The van der Waals surface area contributed by atoms with Crippen molar-refractivity contribution in [3.8, 4) is 0 Å². The largest absolute Gasteiger partial charge is 0.353 e. The van der Waals surface area contributed by atoms with Crippen LogP contribution < -0.4 is 10.6 Å². The SMILES string of the molecule is CCCc1cc(N(CCCN)C2CC2)ncn1. The minimum absolute atomic E-state index is 0.686. The second-order valence-corrected chi connectivity index (χ2v) is 4.68. The zero-order chi connectivity index (χ0) is 12.1. The van der Waals surface area contributed by atoms with Crippen LogP contribution in [0.4, 0.5) is 5.82 Å². The van der Waals surface area contributed by atoms with Crippen LogP contribution >= 0.6 is 0 Å². The van der Waals surface area contributed by atoms with Crippen molar-refractivity contribution in [3.63, 3.8) is 0 Å². The summed E-state index contributed by atoms with van der Waals surface area (Å²) in [5.74, 6) is 1.08. The first-order chi connectivity index (χ1) is 8.35. The van der Waals surface area contributed by atoms with E-state index < -0.39 is 0 Å². The lowest BCUT2D eigenvalue weighted by Crippen LogP contribution is -2.29. The molecule has 2 rings (SSSR count). The van der Waals surface area contributed by atoms with Crippen molar-refractivity contribution in [1.82, 2.24) is 9.97 Å². The van der Waals surface area contributed by atoms with Gasteiger partial charge in [-0.2, -0.15) is 0 Å². The van der Waals surface area contributed by atoms with Crippen LogP contribution in [0.3, 0.4) is 0 Å². The Labute approximate surface area is 103 Å². The molecule has 1 aromatic rings. The van der Waals surface area contributed by atoms with E-state index in [-0.39, 0.29) is 0 Å². The van der Waals surface area contributed by atoms with Crippen LogP contribution in [-0.4, -0.2) is 29.1 Å². The predicted molar refractivity (Wildman–Crippen MR) is 70.1 cm³/mol. The minimum Gasteiger partial charge on any atom is -0.353 e. The molecule has 0 aliphatic heterocycles. The summed E-state index contributed by atoms with van der Waals surface area (Å²) in [6.45, 7) is 3.94. The first-order valence-electron chi connectivity index (χ1n) is 6.62. The molecule has 0 bridgehead atoms. The van der Waals surface area contributed by atoms with Gasteiger partial charge in [0.15, 0.2) is 0 Å². The van der Waals surface area contributed by atoms with Gasteiger partial charge in [0.2, 0.25) is 0 Å². The molecular weight excluding hydrogens is 212 g/mol. The van der Waals surface area contributed by atoms with Gasteiger partial charge in [-0.15, -0.1) is 0 Å². The van der Waals surface area contributed by atoms with E-state index in [0.717, 1.165) is 43.9 Å². The van der Waals surface area contributed by atoms with Crippen LogP contribution in [-0.2, 0) is 6.42 Å². The maximum Gasteiger partial charge on any atom is 0.132 e. The Morgan fingerprint density at radius 1 is 1.41 bits per heavy atom. The number of aromatic nitrogens is 2. The molecule has 4 nitrogen and oxygen atoms in total. The summed E-state index contributed by atoms with van der Waals surface area (Å²) in [5, 5.41) is 0. The maximum atomic E-state index is 5.59. The van der Waals surface area contributed by atoms with Crippen LogP contribution in [0.5, 0.6) is 0 Å². The summed E-state index contributed by atoms with van der Waals surface area (Å²) in [4.78, 5) is 11.1. The fourth-order valence-electron chi connectivity index (χ4n) is 2.07. The zero-order valence-electron chi connectivity index (χ0n) is 10.6. The number of aryl methyl sites for hydroxylation is 1. The molecule has 1 saturated carbocycles. The van der Waals surface area contributed by atoms with Gasteiger partial charge in [-0.1, -0.05) is 13.3 Å². The van der Waals surface area contributed by atoms with Gasteiger partial charge in [-0.3, -0.25) is 0 Å². The summed E-state index contributed by atoms with van der Waals surface area (Å²) in [6.07, 6.45) is 7.46. The molecule has 0 unspecified atom stereocenters. The van der Waals surface area contributed by atoms with Gasteiger partial charge in [0.05, 0.1) is 0 Å². The normalized spacial score (nSPS) is 14.9. The Morgan fingerprint density at radius 2 is 2.24 bits per heavy atom. The van der Waals surface area contributed by atoms with E-state index in [2.05, 4.69) is 27.9 Å². The average Bonchev–Trinajstić information content (AvgIpc) is 3.15. The smallest absolute Gasteiger partial charge is 0.132 e. The van der Waals surface area contributed by atoms with Crippen LogP contribution in [0, 0.1) is 0 Å². The quantitative estimate of drug-likeness (QED) is 0.781. The van der Waals surface area contributed by atoms with Gasteiger partial charge >= 0.3 is 0 Å². The first-order valence-corrected chi connectivity index (χ1v) is 6.62. The van der Waals surface area contributed by atoms with E-state index in [0.29, 0.717) is 6.04 Å². The molecule has 94 valence electrons. The molecule has 0 atom stereocenters. The average molecular weight is 234 g/mol. The topological polar surface area (TPSA) is 55.0 Å². The fraction of sp³-hybridized carbons (Fsp3) is 0.692. The van der Waals surface area contributed by atoms with Crippen molar-refractivity contribution in [3.05, 3.63) is 18.1 Å². The van der Waals surface area contributed by atoms with E-state index in [9.17, 15) is 0 Å². The van der Waals surface area contributed by atoms with E-state index >= 15 is 0 Å². The summed E-state index contributed by atoms with van der Waals surface area (Å²) in [7, 11) is 0. The van der Waals surface area contributed by atoms with Crippen molar-refractivity contribution in [2.24, 2.45) is 5.73 Å². The second kappa shape index (κ2) is 5.96. The first kappa shape index (κ1) is 12.3. The molecule has 17 heavy (non-hydrogen) atoms. The number of anilines is 1. The van der Waals surface area contributed by atoms with Crippen LogP contribution in [0.2, 0.25) is 0 Å². The number of hydrogen-bond acceptors (Lipinski definition) is 4. The predicted octanol–water partition coefficient (Wildman–Crippen LogP) is 1.75. The van der Waals surface area contributed by atoms with Gasteiger partial charge in [0.25, 0.3) is 0 Å². The molecule has 0 saturated heterocycles. The maximum absolute atomic E-state index is 5.59. The molecule has 2 N–H and O–H groups in total. The van der Waals surface area contributed by atoms with Gasteiger partial charge < -0.3 is 10.6 Å². The Bertz CT molecular complexity index is 349. The summed E-state index contributed by atoms with van der Waals surface area (Å²) >= 11 is 0. The fourth-order valence-corrected chi connectivity index (χ4v) is 2.07. The summed E-state index contributed by atoms with van der Waals surface area (Å²) in [6, 6.07) is 2.82. The number of hydrogen-bond donors (Lipinski definition) is 1. The molecule has 1 fully saturated rings. The number of nitrogens with zero attached hydrogens (tertiary/aromatic N) is 3. The van der Waals surface area contributed by atoms with E-state index in [1.165, 1.54) is 12.8 Å². The third-order valence-corrected chi connectivity index (χ3v) is 3.10. The van der Waals surface area contributed by atoms with Gasteiger partial charge in [0.1, 0.15) is 12.1 Å².